The van der Waals surface area contributed by atoms with Crippen LogP contribution >= 0.6 is 0 Å². The van der Waals surface area contributed by atoms with E-state index in [1.807, 2.05) is 0 Å². The summed E-state index contributed by atoms with van der Waals surface area (Å²) in [6, 6.07) is 1.75. The van der Waals surface area contributed by atoms with Gasteiger partial charge in [0.25, 0.3) is 0 Å². The highest BCUT2D eigenvalue weighted by Crippen LogP contribution is 2.23. The molecular formula is C11H13F3N4. The van der Waals surface area contributed by atoms with E-state index in [1.165, 1.54) is 0 Å². The number of anilines is 1. The van der Waals surface area contributed by atoms with Crippen LogP contribution in [0.2, 0.25) is 0 Å². The number of imidazole rings is 1. The highest BCUT2D eigenvalue weighted by Gasteiger charge is 2.25. The summed E-state index contributed by atoms with van der Waals surface area (Å²) in [5, 5.41) is 0. The number of nitrogens with two attached hydrogens (primary N) is 1. The average molecular weight is 258 g/mol. The summed E-state index contributed by atoms with van der Waals surface area (Å²) in [7, 11) is 0. The van der Waals surface area contributed by atoms with Crippen LogP contribution in [0, 0.1) is 0 Å². The molecule has 4 nitrogen and oxygen atoms in total. The van der Waals surface area contributed by atoms with E-state index in [4.69, 9.17) is 5.73 Å². The zero-order chi connectivity index (χ0) is 13.2. The molecule has 98 valence electrons. The summed E-state index contributed by atoms with van der Waals surface area (Å²) in [6.45, 7) is 0.433. The maximum absolute atomic E-state index is 12.0. The zero-order valence-electron chi connectivity index (χ0n) is 9.61. The van der Waals surface area contributed by atoms with Crippen molar-refractivity contribution in [2.45, 2.75) is 32.0 Å². The normalized spacial score (nSPS) is 12.2. The molecule has 0 aliphatic rings. The Morgan fingerprint density at radius 1 is 1.28 bits per heavy atom. The Labute approximate surface area is 102 Å². The minimum absolute atomic E-state index is 0.0910. The van der Waals surface area contributed by atoms with Crippen LogP contribution in [0.5, 0.6) is 0 Å². The molecule has 2 aromatic rings. The SMILES string of the molecule is Nc1nc2cnccc2n1CCCCC(F)(F)F. The van der Waals surface area contributed by atoms with Gasteiger partial charge in [0.05, 0.1) is 11.7 Å². The second-order valence-corrected chi connectivity index (χ2v) is 4.06. The smallest absolute Gasteiger partial charge is 0.369 e. The molecule has 0 saturated heterocycles. The number of hydrogen-bond acceptors (Lipinski definition) is 3. The number of hydrogen-bond donors (Lipinski definition) is 1. The van der Waals surface area contributed by atoms with Gasteiger partial charge < -0.3 is 10.3 Å². The maximum Gasteiger partial charge on any atom is 0.389 e. The molecule has 0 amide bonds. The lowest BCUT2D eigenvalue weighted by atomic mass is 10.2. The Bertz CT molecular complexity index is 533. The second kappa shape index (κ2) is 4.83. The summed E-state index contributed by atoms with van der Waals surface area (Å²) in [5.74, 6) is 0.310. The molecule has 0 atom stereocenters. The molecule has 0 aliphatic heterocycles. The van der Waals surface area contributed by atoms with E-state index in [0.29, 0.717) is 24.4 Å². The largest absolute Gasteiger partial charge is 0.389 e. The first-order valence-electron chi connectivity index (χ1n) is 5.60. The van der Waals surface area contributed by atoms with Crippen molar-refractivity contribution in [3.05, 3.63) is 18.5 Å². The first-order chi connectivity index (χ1) is 8.47. The second-order valence-electron chi connectivity index (χ2n) is 4.06. The number of aromatic nitrogens is 3. The van der Waals surface area contributed by atoms with Crippen molar-refractivity contribution in [1.82, 2.24) is 14.5 Å². The third-order valence-electron chi connectivity index (χ3n) is 2.67. The Morgan fingerprint density at radius 3 is 2.78 bits per heavy atom. The molecule has 0 aromatic carbocycles. The van der Waals surface area contributed by atoms with Crippen molar-refractivity contribution in [3.8, 4) is 0 Å². The van der Waals surface area contributed by atoms with Crippen molar-refractivity contribution in [2.75, 3.05) is 5.73 Å². The van der Waals surface area contributed by atoms with Gasteiger partial charge in [0, 0.05) is 19.2 Å². The number of nitrogen functional groups attached to an aromatic ring is 1. The average Bonchev–Trinajstić information content (AvgIpc) is 2.59. The monoisotopic (exact) mass is 258 g/mol. The number of unbranched alkanes of at least 4 members (excludes halogenated alkanes) is 1. The lowest BCUT2D eigenvalue weighted by molar-refractivity contribution is -0.135. The van der Waals surface area contributed by atoms with Gasteiger partial charge in [-0.2, -0.15) is 13.2 Å². The van der Waals surface area contributed by atoms with Crippen molar-refractivity contribution in [2.24, 2.45) is 0 Å². The number of nitrogens with zero attached hydrogens (tertiary/aromatic N) is 3. The highest BCUT2D eigenvalue weighted by atomic mass is 19.4. The molecule has 7 heteroatoms. The fourth-order valence-corrected chi connectivity index (χ4v) is 1.83. The minimum atomic E-state index is -4.09. The van der Waals surface area contributed by atoms with Crippen LogP contribution in [-0.4, -0.2) is 20.7 Å². The van der Waals surface area contributed by atoms with E-state index in [2.05, 4.69) is 9.97 Å². The number of aryl methyl sites for hydroxylation is 1. The van der Waals surface area contributed by atoms with E-state index < -0.39 is 12.6 Å². The summed E-state index contributed by atoms with van der Waals surface area (Å²) < 4.78 is 37.7. The minimum Gasteiger partial charge on any atom is -0.369 e. The molecular weight excluding hydrogens is 245 g/mol. The Balaban J connectivity index is 2.01. The number of rotatable bonds is 4. The van der Waals surface area contributed by atoms with Crippen molar-refractivity contribution < 1.29 is 13.2 Å². The van der Waals surface area contributed by atoms with Crippen LogP contribution in [0.25, 0.3) is 11.0 Å². The van der Waals surface area contributed by atoms with Crippen molar-refractivity contribution >= 4 is 17.0 Å². The third kappa shape index (κ3) is 2.91. The van der Waals surface area contributed by atoms with Crippen LogP contribution in [-0.2, 0) is 6.54 Å². The van der Waals surface area contributed by atoms with Gasteiger partial charge in [-0.3, -0.25) is 4.98 Å². The van der Waals surface area contributed by atoms with Crippen molar-refractivity contribution in [1.29, 1.82) is 0 Å². The summed E-state index contributed by atoms with van der Waals surface area (Å²) >= 11 is 0. The van der Waals surface area contributed by atoms with Gasteiger partial charge in [0.1, 0.15) is 5.52 Å². The van der Waals surface area contributed by atoms with Crippen LogP contribution < -0.4 is 5.73 Å². The standard InChI is InChI=1S/C11H13F3N4/c12-11(13,14)4-1-2-6-18-9-3-5-16-7-8(9)17-10(18)15/h3,5,7H,1-2,4,6H2,(H2,15,17). The Hall–Kier alpha value is -1.79. The van der Waals surface area contributed by atoms with Gasteiger partial charge in [-0.1, -0.05) is 0 Å². The van der Waals surface area contributed by atoms with Gasteiger partial charge in [-0.15, -0.1) is 0 Å². The quantitative estimate of drug-likeness (QED) is 0.858. The van der Waals surface area contributed by atoms with Crippen LogP contribution in [0.4, 0.5) is 19.1 Å². The lowest BCUT2D eigenvalue weighted by Gasteiger charge is -2.08. The number of alkyl halides is 3. The number of pyridine rings is 1. The third-order valence-corrected chi connectivity index (χ3v) is 2.67. The maximum atomic E-state index is 12.0. The van der Waals surface area contributed by atoms with Crippen LogP contribution in [0.15, 0.2) is 18.5 Å². The zero-order valence-corrected chi connectivity index (χ0v) is 9.61. The molecule has 2 N–H and O–H groups in total. The molecule has 2 rings (SSSR count). The predicted octanol–water partition coefficient (Wildman–Crippen LogP) is 2.75. The first-order valence-corrected chi connectivity index (χ1v) is 5.60. The fourth-order valence-electron chi connectivity index (χ4n) is 1.83. The molecule has 0 saturated carbocycles. The summed E-state index contributed by atoms with van der Waals surface area (Å²) in [4.78, 5) is 8.01. The molecule has 0 aliphatic carbocycles. The molecule has 0 bridgehead atoms. The number of fused-ring (bicyclic) bond motifs is 1. The Morgan fingerprint density at radius 2 is 2.06 bits per heavy atom. The van der Waals surface area contributed by atoms with Gasteiger partial charge in [-0.25, -0.2) is 4.98 Å². The van der Waals surface area contributed by atoms with Gasteiger partial charge in [0.2, 0.25) is 5.95 Å². The van der Waals surface area contributed by atoms with Crippen LogP contribution in [0.1, 0.15) is 19.3 Å². The van der Waals surface area contributed by atoms with Crippen LogP contribution in [0.3, 0.4) is 0 Å². The molecule has 2 heterocycles. The fraction of sp³-hybridized carbons (Fsp3) is 0.455. The van der Waals surface area contributed by atoms with E-state index >= 15 is 0 Å². The molecule has 0 fully saturated rings. The first kappa shape index (κ1) is 12.7. The van der Waals surface area contributed by atoms with Gasteiger partial charge in [-0.05, 0) is 18.9 Å². The Kier molecular flexibility index (Phi) is 3.40. The van der Waals surface area contributed by atoms with Gasteiger partial charge >= 0.3 is 6.18 Å². The molecule has 0 spiro atoms. The van der Waals surface area contributed by atoms with E-state index in [1.54, 1.807) is 23.0 Å². The summed E-state index contributed by atoms with van der Waals surface area (Å²) in [5.41, 5.74) is 7.18. The van der Waals surface area contributed by atoms with E-state index in [-0.39, 0.29) is 6.42 Å². The lowest BCUT2D eigenvalue weighted by Crippen LogP contribution is -2.08. The molecule has 2 aromatic heterocycles. The van der Waals surface area contributed by atoms with E-state index in [9.17, 15) is 13.2 Å². The highest BCUT2D eigenvalue weighted by molar-refractivity contribution is 5.76. The van der Waals surface area contributed by atoms with Crippen molar-refractivity contribution in [3.63, 3.8) is 0 Å². The van der Waals surface area contributed by atoms with E-state index in [0.717, 1.165) is 5.52 Å². The molecule has 18 heavy (non-hydrogen) atoms. The predicted molar refractivity (Wildman–Crippen MR) is 61.8 cm³/mol. The molecule has 0 unspecified atom stereocenters. The summed E-state index contributed by atoms with van der Waals surface area (Å²) in [6.07, 6.45) is -1.16. The molecule has 0 radical (unpaired) electrons. The topological polar surface area (TPSA) is 56.7 Å². The number of halogens is 3. The van der Waals surface area contributed by atoms with Gasteiger partial charge in [0.15, 0.2) is 0 Å².